The molecular formula is C37H42ClN11O5. The van der Waals surface area contributed by atoms with Gasteiger partial charge in [-0.2, -0.15) is 10.1 Å². The molecule has 4 aromatic heterocycles. The molecule has 16 nitrogen and oxygen atoms in total. The number of imide groups is 1. The first-order chi connectivity index (χ1) is 25.9. The zero-order valence-corrected chi connectivity index (χ0v) is 31.5. The number of hydrogen-bond acceptors (Lipinski definition) is 12. The van der Waals surface area contributed by atoms with E-state index < -0.39 is 5.92 Å². The van der Waals surface area contributed by atoms with Gasteiger partial charge >= 0.3 is 0 Å². The molecule has 282 valence electrons. The second-order valence-corrected chi connectivity index (χ2v) is 14.3. The molecule has 2 aliphatic rings. The lowest BCUT2D eigenvalue weighted by Crippen LogP contribution is -2.44. The van der Waals surface area contributed by atoms with Crippen molar-refractivity contribution in [3.05, 3.63) is 63.8 Å². The third-order valence-corrected chi connectivity index (χ3v) is 10.4. The minimum absolute atomic E-state index is 0.0478. The minimum atomic E-state index is -0.449. The Kier molecular flexibility index (Phi) is 10.1. The van der Waals surface area contributed by atoms with Crippen molar-refractivity contribution in [1.29, 1.82) is 0 Å². The maximum Gasteiger partial charge on any atom is 0.294 e. The van der Waals surface area contributed by atoms with Crippen molar-refractivity contribution in [3.8, 4) is 5.75 Å². The molecule has 17 heteroatoms. The Labute approximate surface area is 315 Å². The van der Waals surface area contributed by atoms with E-state index >= 15 is 0 Å². The van der Waals surface area contributed by atoms with E-state index in [9.17, 15) is 19.2 Å². The summed E-state index contributed by atoms with van der Waals surface area (Å²) in [7, 11) is 5.47. The quantitative estimate of drug-likeness (QED) is 0.176. The van der Waals surface area contributed by atoms with E-state index in [0.717, 1.165) is 42.5 Å². The number of piperidine rings is 2. The molecule has 3 N–H and O–H groups in total. The highest BCUT2D eigenvalue weighted by molar-refractivity contribution is 6.33. The highest BCUT2D eigenvalue weighted by atomic mass is 35.5. The minimum Gasteiger partial charge on any atom is -0.478 e. The average Bonchev–Trinajstić information content (AvgIpc) is 3.49. The number of pyridine rings is 2. The smallest absolute Gasteiger partial charge is 0.294 e. The van der Waals surface area contributed by atoms with Crippen LogP contribution in [0.15, 0.2) is 47.5 Å². The van der Waals surface area contributed by atoms with Gasteiger partial charge in [0, 0.05) is 69.2 Å². The summed E-state index contributed by atoms with van der Waals surface area (Å²) >= 11 is 6.57. The van der Waals surface area contributed by atoms with Gasteiger partial charge in [-0.05, 0) is 63.4 Å². The number of benzene rings is 1. The third kappa shape index (κ3) is 7.12. The molecule has 2 fully saturated rings. The number of hydrogen-bond donors (Lipinski definition) is 3. The van der Waals surface area contributed by atoms with Gasteiger partial charge in [0.1, 0.15) is 10.7 Å². The van der Waals surface area contributed by atoms with Crippen molar-refractivity contribution >= 4 is 74.4 Å². The van der Waals surface area contributed by atoms with Crippen LogP contribution in [0, 0.1) is 0 Å². The Balaban J connectivity index is 1.04. The summed E-state index contributed by atoms with van der Waals surface area (Å²) in [5.74, 6) is -0.326. The standard InChI is InChI=1S/C37H42ClN11O5/c1-20(2)49-34-21(15-29(36(49)53)54-19-31(51)39-3)14-22(17-40-34)42-33-27(38)18-41-37(44-33)48-12-10-23(11-13-48)46(4)24-6-7-25-28(16-24)47(5)45-32(25)26-8-9-30(50)43-35(26)52/h6-7,14-18,20,23,26H,8-13,19H2,1-5H3,(H,39,51)(H,41,42,44)(H,43,50,52). The number of carbonyl (C=O) groups is 3. The Bertz CT molecular complexity index is 2330. The van der Waals surface area contributed by atoms with Gasteiger partial charge in [-0.1, -0.05) is 11.6 Å². The fourth-order valence-electron chi connectivity index (χ4n) is 7.17. The van der Waals surface area contributed by atoms with Crippen LogP contribution in [0.3, 0.4) is 0 Å². The van der Waals surface area contributed by atoms with Crippen molar-refractivity contribution in [3.63, 3.8) is 0 Å². The van der Waals surface area contributed by atoms with Crippen LogP contribution in [0.25, 0.3) is 21.9 Å². The van der Waals surface area contributed by atoms with Crippen molar-refractivity contribution in [1.82, 2.24) is 39.9 Å². The molecule has 5 aromatic rings. The number of amides is 3. The lowest BCUT2D eigenvalue weighted by Gasteiger charge is -2.38. The van der Waals surface area contributed by atoms with Crippen molar-refractivity contribution < 1.29 is 19.1 Å². The second-order valence-electron chi connectivity index (χ2n) is 13.9. The molecule has 6 heterocycles. The number of aryl methyl sites for hydroxylation is 1. The average molecular weight is 756 g/mol. The molecule has 3 amide bonds. The molecule has 7 rings (SSSR count). The maximum atomic E-state index is 13.2. The number of rotatable bonds is 10. The van der Waals surface area contributed by atoms with Gasteiger partial charge in [0.05, 0.1) is 35.2 Å². The van der Waals surface area contributed by atoms with Gasteiger partial charge in [0.15, 0.2) is 18.2 Å². The molecule has 0 aliphatic carbocycles. The van der Waals surface area contributed by atoms with Crippen LogP contribution in [0.4, 0.5) is 23.1 Å². The summed E-state index contributed by atoms with van der Waals surface area (Å²) in [6.45, 7) is 4.93. The zero-order chi connectivity index (χ0) is 38.3. The molecule has 1 unspecified atom stereocenters. The molecule has 2 aliphatic heterocycles. The monoisotopic (exact) mass is 755 g/mol. The summed E-state index contributed by atoms with van der Waals surface area (Å²) in [5, 5.41) is 14.8. The van der Waals surface area contributed by atoms with E-state index in [0.29, 0.717) is 52.0 Å². The molecule has 0 spiro atoms. The van der Waals surface area contributed by atoms with Crippen molar-refractivity contribution in [2.24, 2.45) is 7.05 Å². The molecule has 0 saturated carbocycles. The maximum absolute atomic E-state index is 13.2. The van der Waals surface area contributed by atoms with Gasteiger partial charge in [-0.25, -0.2) is 9.97 Å². The molecule has 1 atom stereocenters. The SMILES string of the molecule is CNC(=O)COc1cc2cc(Nc3nc(N4CCC(N(C)c5ccc6c(C7CCC(=O)NC7=O)nn(C)c6c5)CC4)ncc3Cl)cnc2n(C(C)C)c1=O. The van der Waals surface area contributed by atoms with E-state index in [1.807, 2.05) is 33.0 Å². The number of fused-ring (bicyclic) bond motifs is 2. The molecular weight excluding hydrogens is 714 g/mol. The van der Waals surface area contributed by atoms with Gasteiger partial charge in [-0.3, -0.25) is 33.7 Å². The van der Waals surface area contributed by atoms with Crippen LogP contribution in [0.5, 0.6) is 5.75 Å². The molecule has 0 radical (unpaired) electrons. The fourth-order valence-corrected chi connectivity index (χ4v) is 7.31. The fraction of sp³-hybridized carbons (Fsp3) is 0.405. The number of anilines is 4. The number of aromatic nitrogens is 6. The normalized spacial score (nSPS) is 16.6. The van der Waals surface area contributed by atoms with Crippen LogP contribution in [0.1, 0.15) is 57.2 Å². The summed E-state index contributed by atoms with van der Waals surface area (Å²) in [4.78, 5) is 67.6. The largest absolute Gasteiger partial charge is 0.478 e. The number of ether oxygens (including phenoxy) is 1. The lowest BCUT2D eigenvalue weighted by molar-refractivity contribution is -0.134. The van der Waals surface area contributed by atoms with Gasteiger partial charge in [0.2, 0.25) is 17.8 Å². The summed E-state index contributed by atoms with van der Waals surface area (Å²) < 4.78 is 8.91. The number of halogens is 1. The number of likely N-dealkylation sites (N-methyl/N-ethyl adjacent to an activating group) is 1. The summed E-state index contributed by atoms with van der Waals surface area (Å²) in [6, 6.07) is 9.66. The van der Waals surface area contributed by atoms with Gasteiger partial charge < -0.3 is 25.2 Å². The van der Waals surface area contributed by atoms with E-state index in [2.05, 4.69) is 60.0 Å². The van der Waals surface area contributed by atoms with Crippen LogP contribution in [-0.2, 0) is 21.4 Å². The second kappa shape index (κ2) is 14.9. The number of nitrogens with zero attached hydrogens (tertiary/aromatic N) is 8. The van der Waals surface area contributed by atoms with E-state index in [-0.39, 0.29) is 47.7 Å². The van der Waals surface area contributed by atoms with E-state index in [1.165, 1.54) is 11.6 Å². The first-order valence-corrected chi connectivity index (χ1v) is 18.3. The highest BCUT2D eigenvalue weighted by Crippen LogP contribution is 2.34. The number of carbonyl (C=O) groups excluding carboxylic acids is 3. The summed E-state index contributed by atoms with van der Waals surface area (Å²) in [6.07, 6.45) is 5.68. The molecule has 1 aromatic carbocycles. The molecule has 54 heavy (non-hydrogen) atoms. The van der Waals surface area contributed by atoms with Crippen LogP contribution >= 0.6 is 11.6 Å². The zero-order valence-electron chi connectivity index (χ0n) is 30.7. The predicted octanol–water partition coefficient (Wildman–Crippen LogP) is 3.80. The van der Waals surface area contributed by atoms with Crippen molar-refractivity contribution in [2.75, 3.05) is 48.9 Å². The van der Waals surface area contributed by atoms with E-state index in [1.54, 1.807) is 23.1 Å². The first kappa shape index (κ1) is 36.6. The van der Waals surface area contributed by atoms with Crippen LogP contribution in [0.2, 0.25) is 5.02 Å². The highest BCUT2D eigenvalue weighted by Gasteiger charge is 2.32. The van der Waals surface area contributed by atoms with Crippen LogP contribution in [-0.4, -0.2) is 86.9 Å². The molecule has 2 saturated heterocycles. The van der Waals surface area contributed by atoms with Gasteiger partial charge in [0.25, 0.3) is 11.5 Å². The van der Waals surface area contributed by atoms with Crippen LogP contribution < -0.4 is 36.0 Å². The van der Waals surface area contributed by atoms with E-state index in [4.69, 9.17) is 21.3 Å². The Morgan fingerprint density at radius 3 is 2.59 bits per heavy atom. The Morgan fingerprint density at radius 1 is 1.09 bits per heavy atom. The lowest BCUT2D eigenvalue weighted by atomic mass is 9.92. The van der Waals surface area contributed by atoms with Crippen molar-refractivity contribution in [2.45, 2.75) is 57.5 Å². The topological polar surface area (TPSA) is 181 Å². The number of nitrogens with one attached hydrogen (secondary N) is 3. The Morgan fingerprint density at radius 2 is 1.87 bits per heavy atom. The third-order valence-electron chi connectivity index (χ3n) is 10.1. The summed E-state index contributed by atoms with van der Waals surface area (Å²) in [5.41, 5.74) is 3.37. The Hall–Kier alpha value is -5.77. The molecule has 0 bridgehead atoms. The van der Waals surface area contributed by atoms with Gasteiger partial charge in [-0.15, -0.1) is 0 Å². The first-order valence-electron chi connectivity index (χ1n) is 17.9. The predicted molar refractivity (Wildman–Crippen MR) is 206 cm³/mol.